The average molecular weight is 196 g/mol. The molecule has 74 valence electrons. The molecule has 0 radical (unpaired) electrons. The Hall–Kier alpha value is 0.0700. The van der Waals surface area contributed by atoms with Crippen molar-refractivity contribution in [1.29, 1.82) is 0 Å². The second kappa shape index (κ2) is 4.94. The van der Waals surface area contributed by atoms with Gasteiger partial charge in [0.25, 0.3) is 0 Å². The molecule has 0 amide bonds. The first-order valence-electron chi connectivity index (χ1n) is 3.90. The molecule has 0 aliphatic heterocycles. The fraction of sp³-hybridized carbons (Fsp3) is 1.00. The van der Waals surface area contributed by atoms with Crippen LogP contribution in [0.25, 0.3) is 0 Å². The van der Waals surface area contributed by atoms with Crippen LogP contribution in [0.3, 0.4) is 0 Å². The summed E-state index contributed by atoms with van der Waals surface area (Å²) in [6.45, 7) is 1.85. The van der Waals surface area contributed by atoms with Gasteiger partial charge in [-0.25, -0.2) is 0 Å². The molecule has 2 unspecified atom stereocenters. The summed E-state index contributed by atoms with van der Waals surface area (Å²) in [4.78, 5) is 17.2. The molecule has 6 N–H and O–H groups in total. The highest BCUT2D eigenvalue weighted by Crippen LogP contribution is 2.40. The Morgan fingerprint density at radius 2 is 1.83 bits per heavy atom. The van der Waals surface area contributed by atoms with Crippen LogP contribution < -0.4 is 11.5 Å². The van der Waals surface area contributed by atoms with Gasteiger partial charge in [0, 0.05) is 6.04 Å². The number of hydrogen-bond acceptors (Lipinski definition) is 3. The van der Waals surface area contributed by atoms with E-state index < -0.39 is 13.4 Å². The third-order valence-electron chi connectivity index (χ3n) is 1.59. The zero-order valence-electron chi connectivity index (χ0n) is 7.18. The van der Waals surface area contributed by atoms with E-state index in [0.717, 1.165) is 6.42 Å². The molecule has 5 nitrogen and oxygen atoms in total. The van der Waals surface area contributed by atoms with Gasteiger partial charge in [-0.3, -0.25) is 4.57 Å². The van der Waals surface area contributed by atoms with E-state index in [9.17, 15) is 4.57 Å². The molecule has 0 saturated heterocycles. The zero-order chi connectivity index (χ0) is 9.78. The Balaban J connectivity index is 3.59. The molecule has 0 saturated carbocycles. The molecule has 0 fully saturated rings. The van der Waals surface area contributed by atoms with Gasteiger partial charge in [-0.2, -0.15) is 0 Å². The van der Waals surface area contributed by atoms with Gasteiger partial charge >= 0.3 is 7.60 Å². The SMILES string of the molecule is CC(N)CCCC(N)P(=O)(O)O. The van der Waals surface area contributed by atoms with Gasteiger partial charge < -0.3 is 21.3 Å². The van der Waals surface area contributed by atoms with E-state index in [-0.39, 0.29) is 6.04 Å². The van der Waals surface area contributed by atoms with Crippen LogP contribution in [0.4, 0.5) is 0 Å². The fourth-order valence-corrected chi connectivity index (χ4v) is 1.34. The quantitative estimate of drug-likeness (QED) is 0.461. The molecule has 12 heavy (non-hydrogen) atoms. The molecule has 0 aromatic rings. The first-order valence-corrected chi connectivity index (χ1v) is 5.58. The molecule has 6 heteroatoms. The lowest BCUT2D eigenvalue weighted by Crippen LogP contribution is -2.21. The highest BCUT2D eigenvalue weighted by Gasteiger charge is 2.23. The lowest BCUT2D eigenvalue weighted by molar-refractivity contribution is 0.353. The van der Waals surface area contributed by atoms with Crippen molar-refractivity contribution < 1.29 is 14.4 Å². The molecule has 0 bridgehead atoms. The molecule has 0 heterocycles. The van der Waals surface area contributed by atoms with Gasteiger partial charge in [-0.1, -0.05) is 0 Å². The summed E-state index contributed by atoms with van der Waals surface area (Å²) < 4.78 is 10.5. The molecule has 2 atom stereocenters. The van der Waals surface area contributed by atoms with E-state index >= 15 is 0 Å². The van der Waals surface area contributed by atoms with E-state index in [1.165, 1.54) is 0 Å². The summed E-state index contributed by atoms with van der Waals surface area (Å²) in [5.41, 5.74) is 10.7. The third kappa shape index (κ3) is 5.69. The molecule has 0 aliphatic rings. The molecular formula is C6H17N2O3P. The Kier molecular flexibility index (Phi) is 4.97. The predicted molar refractivity (Wildman–Crippen MR) is 47.5 cm³/mol. The van der Waals surface area contributed by atoms with Crippen molar-refractivity contribution in [2.75, 3.05) is 0 Å². The van der Waals surface area contributed by atoms with Gasteiger partial charge in [0.05, 0.1) is 0 Å². The maximum Gasteiger partial charge on any atom is 0.342 e. The first-order chi connectivity index (χ1) is 5.34. The van der Waals surface area contributed by atoms with E-state index in [2.05, 4.69) is 0 Å². The van der Waals surface area contributed by atoms with E-state index in [4.69, 9.17) is 21.3 Å². The smallest absolute Gasteiger partial charge is 0.328 e. The first kappa shape index (κ1) is 12.1. The Morgan fingerprint density at radius 3 is 2.17 bits per heavy atom. The minimum Gasteiger partial charge on any atom is -0.328 e. The van der Waals surface area contributed by atoms with Crippen molar-refractivity contribution in [3.63, 3.8) is 0 Å². The second-order valence-electron chi connectivity index (χ2n) is 3.06. The van der Waals surface area contributed by atoms with Gasteiger partial charge in [-0.05, 0) is 26.2 Å². The third-order valence-corrected chi connectivity index (χ3v) is 2.71. The van der Waals surface area contributed by atoms with Gasteiger partial charge in [0.15, 0.2) is 0 Å². The summed E-state index contributed by atoms with van der Waals surface area (Å²) >= 11 is 0. The van der Waals surface area contributed by atoms with Crippen LogP contribution in [-0.2, 0) is 4.57 Å². The monoisotopic (exact) mass is 196 g/mol. The molecule has 0 spiro atoms. The second-order valence-corrected chi connectivity index (χ2v) is 4.91. The van der Waals surface area contributed by atoms with E-state index in [0.29, 0.717) is 12.8 Å². The largest absolute Gasteiger partial charge is 0.342 e. The predicted octanol–water partition coefficient (Wildman–Crippen LogP) is -0.0336. The molecule has 0 aromatic carbocycles. The Morgan fingerprint density at radius 1 is 1.33 bits per heavy atom. The van der Waals surface area contributed by atoms with E-state index in [1.54, 1.807) is 0 Å². The standard InChI is InChI=1S/C6H17N2O3P/c1-5(7)3-2-4-6(8)12(9,10)11/h5-6H,2-4,7-8H2,1H3,(H2,9,10,11). The van der Waals surface area contributed by atoms with Crippen molar-refractivity contribution in [3.8, 4) is 0 Å². The molecule has 0 aliphatic carbocycles. The highest BCUT2D eigenvalue weighted by atomic mass is 31.2. The lowest BCUT2D eigenvalue weighted by Gasteiger charge is -2.13. The summed E-state index contributed by atoms with van der Waals surface area (Å²) in [5.74, 6) is -1.03. The van der Waals surface area contributed by atoms with Crippen LogP contribution >= 0.6 is 7.60 Å². The van der Waals surface area contributed by atoms with Gasteiger partial charge in [0.2, 0.25) is 0 Å². The summed E-state index contributed by atoms with van der Waals surface area (Å²) in [6, 6.07) is 0.0639. The Bertz CT molecular complexity index is 168. The zero-order valence-corrected chi connectivity index (χ0v) is 8.08. The van der Waals surface area contributed by atoms with Crippen molar-refractivity contribution in [3.05, 3.63) is 0 Å². The topological polar surface area (TPSA) is 110 Å². The van der Waals surface area contributed by atoms with E-state index in [1.807, 2.05) is 6.92 Å². The summed E-state index contributed by atoms with van der Waals surface area (Å²) in [6.07, 6.45) is 1.73. The van der Waals surface area contributed by atoms with Crippen LogP contribution in [0.5, 0.6) is 0 Å². The Labute approximate surface area is 72.3 Å². The average Bonchev–Trinajstić information content (AvgIpc) is 1.84. The number of hydrogen-bond donors (Lipinski definition) is 4. The maximum absolute atomic E-state index is 10.5. The number of rotatable bonds is 5. The van der Waals surface area contributed by atoms with Crippen LogP contribution in [0.15, 0.2) is 0 Å². The minimum absolute atomic E-state index is 0.0639. The number of nitrogens with two attached hydrogens (primary N) is 2. The van der Waals surface area contributed by atoms with Crippen LogP contribution in [0, 0.1) is 0 Å². The van der Waals surface area contributed by atoms with Crippen molar-refractivity contribution in [2.24, 2.45) is 11.5 Å². The molecule has 0 rings (SSSR count). The summed E-state index contributed by atoms with van der Waals surface area (Å²) in [7, 11) is -4.08. The molecular weight excluding hydrogens is 179 g/mol. The van der Waals surface area contributed by atoms with Crippen molar-refractivity contribution >= 4 is 7.60 Å². The van der Waals surface area contributed by atoms with Crippen LogP contribution in [0.2, 0.25) is 0 Å². The lowest BCUT2D eigenvalue weighted by atomic mass is 10.1. The normalized spacial score (nSPS) is 17.4. The fourth-order valence-electron chi connectivity index (χ4n) is 0.817. The van der Waals surface area contributed by atoms with Crippen molar-refractivity contribution in [1.82, 2.24) is 0 Å². The van der Waals surface area contributed by atoms with Crippen molar-refractivity contribution in [2.45, 2.75) is 38.0 Å². The van der Waals surface area contributed by atoms with Crippen LogP contribution in [-0.4, -0.2) is 21.6 Å². The highest BCUT2D eigenvalue weighted by molar-refractivity contribution is 7.52. The van der Waals surface area contributed by atoms with Gasteiger partial charge in [0.1, 0.15) is 5.78 Å². The molecule has 0 aromatic heterocycles. The maximum atomic E-state index is 10.5. The van der Waals surface area contributed by atoms with Gasteiger partial charge in [-0.15, -0.1) is 0 Å². The minimum atomic E-state index is -4.08. The summed E-state index contributed by atoms with van der Waals surface area (Å²) in [5, 5.41) is 0. The van der Waals surface area contributed by atoms with Crippen LogP contribution in [0.1, 0.15) is 26.2 Å².